The minimum absolute atomic E-state index is 0.111. The second kappa shape index (κ2) is 3.30. The van der Waals surface area contributed by atoms with Gasteiger partial charge >= 0.3 is 5.97 Å². The van der Waals surface area contributed by atoms with Crippen molar-refractivity contribution in [1.82, 2.24) is 10.2 Å². The molecule has 1 rings (SSSR count). The molecule has 0 spiro atoms. The topological polar surface area (TPSA) is 52.1 Å². The number of aromatic nitrogens is 2. The summed E-state index contributed by atoms with van der Waals surface area (Å²) in [4.78, 5) is 10.8. The first-order valence-corrected chi connectivity index (χ1v) is 3.18. The van der Waals surface area contributed by atoms with E-state index < -0.39 is 5.97 Å². The number of halogens is 1. The van der Waals surface area contributed by atoms with Crippen LogP contribution in [0.15, 0.2) is 12.3 Å². The van der Waals surface area contributed by atoms with E-state index in [1.165, 1.54) is 19.4 Å². The van der Waals surface area contributed by atoms with Crippen LogP contribution in [-0.2, 0) is 4.74 Å². The average Bonchev–Trinajstić information content (AvgIpc) is 2.03. The fraction of sp³-hybridized carbons (Fsp3) is 0.167. The number of esters is 1. The highest BCUT2D eigenvalue weighted by Gasteiger charge is 2.06. The molecule has 0 fully saturated rings. The van der Waals surface area contributed by atoms with Crippen LogP contribution in [0.25, 0.3) is 0 Å². The largest absolute Gasteiger partial charge is 0.464 e. The van der Waals surface area contributed by atoms with Crippen molar-refractivity contribution in [3.63, 3.8) is 0 Å². The van der Waals surface area contributed by atoms with E-state index in [2.05, 4.69) is 14.9 Å². The van der Waals surface area contributed by atoms with Crippen molar-refractivity contribution in [1.29, 1.82) is 0 Å². The molecule has 0 aromatic carbocycles. The van der Waals surface area contributed by atoms with E-state index in [0.29, 0.717) is 5.02 Å². The minimum atomic E-state index is -0.542. The van der Waals surface area contributed by atoms with Crippen molar-refractivity contribution >= 4 is 17.6 Å². The Balaban J connectivity index is 2.96. The SMILES string of the molecule is COC(=O)c1cc(Cl)cnn1. The van der Waals surface area contributed by atoms with Crippen LogP contribution in [0.5, 0.6) is 0 Å². The third kappa shape index (κ3) is 1.88. The van der Waals surface area contributed by atoms with E-state index in [0.717, 1.165) is 0 Å². The Bertz CT molecular complexity index is 277. The maximum atomic E-state index is 10.8. The molecule has 1 heterocycles. The first-order chi connectivity index (χ1) is 5.24. The second-order valence-electron chi connectivity index (χ2n) is 1.75. The molecule has 5 heteroatoms. The molecular weight excluding hydrogens is 168 g/mol. The number of methoxy groups -OCH3 is 1. The first-order valence-electron chi connectivity index (χ1n) is 2.80. The van der Waals surface area contributed by atoms with Gasteiger partial charge < -0.3 is 4.74 Å². The first kappa shape index (κ1) is 7.94. The summed E-state index contributed by atoms with van der Waals surface area (Å²) in [5.41, 5.74) is 0.111. The van der Waals surface area contributed by atoms with Gasteiger partial charge in [-0.15, -0.1) is 5.10 Å². The molecule has 0 N–H and O–H groups in total. The summed E-state index contributed by atoms with van der Waals surface area (Å²) in [5.74, 6) is -0.542. The highest BCUT2D eigenvalue weighted by atomic mass is 35.5. The van der Waals surface area contributed by atoms with Gasteiger partial charge in [0.1, 0.15) is 0 Å². The van der Waals surface area contributed by atoms with Gasteiger partial charge in [-0.05, 0) is 6.07 Å². The summed E-state index contributed by atoms with van der Waals surface area (Å²) in [6.07, 6.45) is 1.34. The molecule has 11 heavy (non-hydrogen) atoms. The van der Waals surface area contributed by atoms with Gasteiger partial charge in [0.2, 0.25) is 0 Å². The molecule has 0 aliphatic carbocycles. The van der Waals surface area contributed by atoms with Crippen LogP contribution >= 0.6 is 11.6 Å². The van der Waals surface area contributed by atoms with E-state index >= 15 is 0 Å². The van der Waals surface area contributed by atoms with Gasteiger partial charge in [0, 0.05) is 0 Å². The predicted octanol–water partition coefficient (Wildman–Crippen LogP) is 0.917. The number of hydrogen-bond donors (Lipinski definition) is 0. The molecule has 0 saturated carbocycles. The van der Waals surface area contributed by atoms with Gasteiger partial charge in [0.15, 0.2) is 5.69 Å². The predicted molar refractivity (Wildman–Crippen MR) is 38.4 cm³/mol. The highest BCUT2D eigenvalue weighted by molar-refractivity contribution is 6.30. The van der Waals surface area contributed by atoms with Crippen LogP contribution in [0.3, 0.4) is 0 Å². The van der Waals surface area contributed by atoms with E-state index in [4.69, 9.17) is 11.6 Å². The van der Waals surface area contributed by atoms with Crippen LogP contribution < -0.4 is 0 Å². The Labute approximate surface area is 68.1 Å². The van der Waals surface area contributed by atoms with Crippen molar-refractivity contribution in [3.05, 3.63) is 23.0 Å². The maximum Gasteiger partial charge on any atom is 0.358 e. The Morgan fingerprint density at radius 3 is 3.00 bits per heavy atom. The van der Waals surface area contributed by atoms with Gasteiger partial charge in [-0.1, -0.05) is 11.6 Å². The molecule has 0 amide bonds. The molecule has 0 saturated heterocycles. The van der Waals surface area contributed by atoms with Gasteiger partial charge in [0.05, 0.1) is 18.3 Å². The monoisotopic (exact) mass is 172 g/mol. The Morgan fingerprint density at radius 1 is 1.73 bits per heavy atom. The molecule has 0 bridgehead atoms. The Hall–Kier alpha value is -1.16. The van der Waals surface area contributed by atoms with Crippen molar-refractivity contribution in [2.75, 3.05) is 7.11 Å². The van der Waals surface area contributed by atoms with Crippen LogP contribution in [-0.4, -0.2) is 23.3 Å². The van der Waals surface area contributed by atoms with E-state index in [1.807, 2.05) is 0 Å². The van der Waals surface area contributed by atoms with Crippen molar-refractivity contribution in [3.8, 4) is 0 Å². The molecule has 0 aliphatic rings. The Kier molecular flexibility index (Phi) is 2.38. The van der Waals surface area contributed by atoms with Gasteiger partial charge in [-0.2, -0.15) is 5.10 Å². The molecule has 0 radical (unpaired) electrons. The molecular formula is C6H5ClN2O2. The zero-order valence-electron chi connectivity index (χ0n) is 5.74. The normalized spacial score (nSPS) is 9.27. The lowest BCUT2D eigenvalue weighted by Crippen LogP contribution is -2.04. The van der Waals surface area contributed by atoms with Gasteiger partial charge in [0.25, 0.3) is 0 Å². The number of carbonyl (C=O) groups is 1. The highest BCUT2D eigenvalue weighted by Crippen LogP contribution is 2.06. The van der Waals surface area contributed by atoms with Crippen LogP contribution in [0.1, 0.15) is 10.5 Å². The summed E-state index contributed by atoms with van der Waals surface area (Å²) in [6.45, 7) is 0. The fourth-order valence-electron chi connectivity index (χ4n) is 0.547. The minimum Gasteiger partial charge on any atom is -0.464 e. The third-order valence-electron chi connectivity index (χ3n) is 1.02. The van der Waals surface area contributed by atoms with Gasteiger partial charge in [-0.25, -0.2) is 4.79 Å². The number of nitrogens with zero attached hydrogens (tertiary/aromatic N) is 2. The zero-order valence-corrected chi connectivity index (χ0v) is 6.50. The summed E-state index contributed by atoms with van der Waals surface area (Å²) in [5, 5.41) is 7.33. The lowest BCUT2D eigenvalue weighted by atomic mass is 10.4. The van der Waals surface area contributed by atoms with Gasteiger partial charge in [-0.3, -0.25) is 0 Å². The molecule has 4 nitrogen and oxygen atoms in total. The van der Waals surface area contributed by atoms with E-state index in [1.54, 1.807) is 0 Å². The average molecular weight is 173 g/mol. The summed E-state index contributed by atoms with van der Waals surface area (Å²) in [6, 6.07) is 1.39. The summed E-state index contributed by atoms with van der Waals surface area (Å²) >= 11 is 5.54. The van der Waals surface area contributed by atoms with E-state index in [-0.39, 0.29) is 5.69 Å². The van der Waals surface area contributed by atoms with Crippen LogP contribution in [0, 0.1) is 0 Å². The molecule has 0 unspecified atom stereocenters. The standard InChI is InChI=1S/C6H5ClN2O2/c1-11-6(10)5-2-4(7)3-8-9-5/h2-3H,1H3. The number of rotatable bonds is 1. The lowest BCUT2D eigenvalue weighted by Gasteiger charge is -1.95. The summed E-state index contributed by atoms with van der Waals surface area (Å²) < 4.78 is 4.39. The quantitative estimate of drug-likeness (QED) is 0.591. The summed E-state index contributed by atoms with van der Waals surface area (Å²) in [7, 11) is 1.27. The number of hydrogen-bond acceptors (Lipinski definition) is 4. The molecule has 58 valence electrons. The molecule has 1 aromatic rings. The van der Waals surface area contributed by atoms with Crippen molar-refractivity contribution in [2.45, 2.75) is 0 Å². The lowest BCUT2D eigenvalue weighted by molar-refractivity contribution is 0.0592. The van der Waals surface area contributed by atoms with Crippen LogP contribution in [0.2, 0.25) is 5.02 Å². The van der Waals surface area contributed by atoms with E-state index in [9.17, 15) is 4.79 Å². The molecule has 0 aliphatic heterocycles. The number of carbonyl (C=O) groups excluding carboxylic acids is 1. The van der Waals surface area contributed by atoms with Crippen molar-refractivity contribution in [2.24, 2.45) is 0 Å². The van der Waals surface area contributed by atoms with Crippen molar-refractivity contribution < 1.29 is 9.53 Å². The van der Waals surface area contributed by atoms with Crippen LogP contribution in [0.4, 0.5) is 0 Å². The number of ether oxygens (including phenoxy) is 1. The third-order valence-corrected chi connectivity index (χ3v) is 1.22. The fourth-order valence-corrected chi connectivity index (χ4v) is 0.694. The molecule has 1 aromatic heterocycles. The molecule has 0 atom stereocenters. The Morgan fingerprint density at radius 2 is 2.45 bits per heavy atom. The smallest absolute Gasteiger partial charge is 0.358 e. The maximum absolute atomic E-state index is 10.8. The second-order valence-corrected chi connectivity index (χ2v) is 2.19. The zero-order chi connectivity index (χ0) is 8.27.